The number of hydrogen-bond acceptors (Lipinski definition) is 3. The number of epoxide rings is 1. The molecule has 0 saturated carbocycles. The number of nitrogens with one attached hydrogen (secondary N) is 1. The van der Waals surface area contributed by atoms with Gasteiger partial charge < -0.3 is 14.5 Å². The molecule has 2 atom stereocenters. The molecule has 0 radical (unpaired) electrons. The van der Waals surface area contributed by atoms with Crippen LogP contribution in [0.5, 0.6) is 5.75 Å². The average molecular weight is 293 g/mol. The van der Waals surface area contributed by atoms with Crippen molar-refractivity contribution in [2.45, 2.75) is 12.2 Å². The SMILES string of the molecule is COc1ccccc1[C@H]1O[C@@H]1C(=O)c1c[nH]c2ccccc12. The van der Waals surface area contributed by atoms with Gasteiger partial charge >= 0.3 is 0 Å². The van der Waals surface area contributed by atoms with Crippen molar-refractivity contribution in [1.82, 2.24) is 4.98 Å². The average Bonchev–Trinajstić information content (AvgIpc) is 3.25. The molecule has 1 aromatic heterocycles. The second-order valence-corrected chi connectivity index (χ2v) is 5.33. The van der Waals surface area contributed by atoms with Crippen LogP contribution in [0.2, 0.25) is 0 Å². The summed E-state index contributed by atoms with van der Waals surface area (Å²) in [5.41, 5.74) is 2.56. The number of ketones is 1. The molecule has 0 amide bonds. The summed E-state index contributed by atoms with van der Waals surface area (Å²) in [7, 11) is 1.62. The number of aromatic nitrogens is 1. The van der Waals surface area contributed by atoms with Gasteiger partial charge in [0.1, 0.15) is 11.9 Å². The Morgan fingerprint density at radius 1 is 1.14 bits per heavy atom. The van der Waals surface area contributed by atoms with Gasteiger partial charge in [0.25, 0.3) is 0 Å². The molecule has 0 aliphatic carbocycles. The zero-order chi connectivity index (χ0) is 15.1. The molecular formula is C18H15NO3. The van der Waals surface area contributed by atoms with E-state index in [9.17, 15) is 4.79 Å². The molecule has 1 saturated heterocycles. The van der Waals surface area contributed by atoms with Gasteiger partial charge in [-0.05, 0) is 12.1 Å². The lowest BCUT2D eigenvalue weighted by molar-refractivity contribution is 0.0955. The standard InChI is InChI=1S/C18H15NO3/c1-21-15-9-5-3-7-12(15)17-18(22-17)16(20)13-10-19-14-8-4-2-6-11(13)14/h2-10,17-19H,1H3/t17-,18-/m1/s1. The van der Waals surface area contributed by atoms with Crippen LogP contribution in [0.25, 0.3) is 10.9 Å². The minimum Gasteiger partial charge on any atom is -0.496 e. The van der Waals surface area contributed by atoms with E-state index in [1.807, 2.05) is 48.5 Å². The number of carbonyl (C=O) groups excluding carboxylic acids is 1. The highest BCUT2D eigenvalue weighted by molar-refractivity contribution is 6.11. The molecule has 4 rings (SSSR count). The summed E-state index contributed by atoms with van der Waals surface area (Å²) in [6.07, 6.45) is 1.10. The van der Waals surface area contributed by atoms with Crippen LogP contribution in [-0.2, 0) is 4.74 Å². The quantitative estimate of drug-likeness (QED) is 0.591. The minimum absolute atomic E-state index is 0.00774. The molecule has 110 valence electrons. The Morgan fingerprint density at radius 3 is 2.77 bits per heavy atom. The molecule has 4 nitrogen and oxygen atoms in total. The van der Waals surface area contributed by atoms with E-state index in [0.29, 0.717) is 5.56 Å². The fourth-order valence-electron chi connectivity index (χ4n) is 2.88. The van der Waals surface area contributed by atoms with E-state index in [-0.39, 0.29) is 11.9 Å². The van der Waals surface area contributed by atoms with Gasteiger partial charge in [0.15, 0.2) is 11.9 Å². The second-order valence-electron chi connectivity index (χ2n) is 5.33. The Hall–Kier alpha value is -2.59. The number of fused-ring (bicyclic) bond motifs is 1. The molecule has 1 aliphatic heterocycles. The molecule has 0 unspecified atom stereocenters. The minimum atomic E-state index is -0.435. The molecule has 2 aromatic carbocycles. The van der Waals surface area contributed by atoms with Crippen molar-refractivity contribution in [2.75, 3.05) is 7.11 Å². The number of aromatic amines is 1. The molecule has 2 heterocycles. The van der Waals surface area contributed by atoms with Crippen LogP contribution in [0, 0.1) is 0 Å². The maximum absolute atomic E-state index is 12.7. The van der Waals surface area contributed by atoms with Crippen molar-refractivity contribution in [3.63, 3.8) is 0 Å². The number of benzene rings is 2. The molecule has 1 fully saturated rings. The van der Waals surface area contributed by atoms with E-state index in [1.165, 1.54) is 0 Å². The van der Waals surface area contributed by atoms with Crippen molar-refractivity contribution in [2.24, 2.45) is 0 Å². The predicted molar refractivity (Wildman–Crippen MR) is 83.2 cm³/mol. The van der Waals surface area contributed by atoms with E-state index < -0.39 is 6.10 Å². The van der Waals surface area contributed by atoms with Crippen molar-refractivity contribution in [3.05, 3.63) is 65.9 Å². The maximum atomic E-state index is 12.7. The molecule has 3 aromatic rings. The van der Waals surface area contributed by atoms with Crippen LogP contribution in [0.3, 0.4) is 0 Å². The van der Waals surface area contributed by atoms with Gasteiger partial charge in [0, 0.05) is 28.2 Å². The summed E-state index contributed by atoms with van der Waals surface area (Å²) >= 11 is 0. The van der Waals surface area contributed by atoms with Crippen molar-refractivity contribution >= 4 is 16.7 Å². The summed E-state index contributed by atoms with van der Waals surface area (Å²) in [6, 6.07) is 15.4. The van der Waals surface area contributed by atoms with Gasteiger partial charge in [-0.1, -0.05) is 36.4 Å². The van der Waals surface area contributed by atoms with Gasteiger partial charge in [0.2, 0.25) is 0 Å². The van der Waals surface area contributed by atoms with Crippen LogP contribution in [0.1, 0.15) is 22.0 Å². The monoisotopic (exact) mass is 293 g/mol. The van der Waals surface area contributed by atoms with E-state index in [1.54, 1.807) is 13.3 Å². The first-order chi connectivity index (χ1) is 10.8. The van der Waals surface area contributed by atoms with Crippen LogP contribution >= 0.6 is 0 Å². The van der Waals surface area contributed by atoms with Gasteiger partial charge in [-0.25, -0.2) is 0 Å². The highest BCUT2D eigenvalue weighted by Gasteiger charge is 2.47. The van der Waals surface area contributed by atoms with Crippen LogP contribution in [0.4, 0.5) is 0 Å². The topological polar surface area (TPSA) is 54.6 Å². The van der Waals surface area contributed by atoms with Gasteiger partial charge in [0.05, 0.1) is 7.11 Å². The number of methoxy groups -OCH3 is 1. The van der Waals surface area contributed by atoms with Gasteiger partial charge in [-0.3, -0.25) is 4.79 Å². The number of hydrogen-bond donors (Lipinski definition) is 1. The predicted octanol–water partition coefficient (Wildman–Crippen LogP) is 3.50. The maximum Gasteiger partial charge on any atom is 0.196 e. The zero-order valence-corrected chi connectivity index (χ0v) is 12.1. The molecule has 0 spiro atoms. The number of H-pyrrole nitrogens is 1. The number of para-hydroxylation sites is 2. The lowest BCUT2D eigenvalue weighted by Gasteiger charge is -2.04. The highest BCUT2D eigenvalue weighted by atomic mass is 16.6. The summed E-state index contributed by atoms with van der Waals surface area (Å²) in [5.74, 6) is 0.759. The van der Waals surface area contributed by atoms with E-state index in [2.05, 4.69) is 4.98 Å². The summed E-state index contributed by atoms with van der Waals surface area (Å²) in [4.78, 5) is 15.8. The lowest BCUT2D eigenvalue weighted by atomic mass is 10.0. The van der Waals surface area contributed by atoms with E-state index in [4.69, 9.17) is 9.47 Å². The Labute approximate surface area is 127 Å². The third kappa shape index (κ3) is 2.00. The Kier molecular flexibility index (Phi) is 2.98. The Morgan fingerprint density at radius 2 is 1.91 bits per heavy atom. The number of ether oxygens (including phenoxy) is 2. The molecule has 4 heteroatoms. The van der Waals surface area contributed by atoms with Crippen LogP contribution < -0.4 is 4.74 Å². The summed E-state index contributed by atoms with van der Waals surface area (Å²) in [5, 5.41) is 0.932. The first kappa shape index (κ1) is 13.1. The van der Waals surface area contributed by atoms with Crippen LogP contribution in [0.15, 0.2) is 54.7 Å². The van der Waals surface area contributed by atoms with Gasteiger partial charge in [-0.15, -0.1) is 0 Å². The van der Waals surface area contributed by atoms with Crippen LogP contribution in [-0.4, -0.2) is 24.0 Å². The van der Waals surface area contributed by atoms with Crippen molar-refractivity contribution in [3.8, 4) is 5.75 Å². The Bertz CT molecular complexity index is 852. The van der Waals surface area contributed by atoms with Crippen molar-refractivity contribution < 1.29 is 14.3 Å². The zero-order valence-electron chi connectivity index (χ0n) is 12.1. The molecular weight excluding hydrogens is 278 g/mol. The fraction of sp³-hybridized carbons (Fsp3) is 0.167. The van der Waals surface area contributed by atoms with E-state index >= 15 is 0 Å². The molecule has 1 N–H and O–H groups in total. The first-order valence-electron chi connectivity index (χ1n) is 7.18. The van der Waals surface area contributed by atoms with E-state index in [0.717, 1.165) is 22.2 Å². The summed E-state index contributed by atoms with van der Waals surface area (Å²) in [6.45, 7) is 0. The molecule has 1 aliphatic rings. The number of carbonyl (C=O) groups is 1. The molecule has 22 heavy (non-hydrogen) atoms. The third-order valence-corrected chi connectivity index (χ3v) is 4.05. The third-order valence-electron chi connectivity index (χ3n) is 4.05. The van der Waals surface area contributed by atoms with Gasteiger partial charge in [-0.2, -0.15) is 0 Å². The normalized spacial score (nSPS) is 20.0. The second kappa shape index (κ2) is 5.00. The number of Topliss-reactive ketones (excluding diaryl/α,β-unsaturated/α-hetero) is 1. The first-order valence-corrected chi connectivity index (χ1v) is 7.18. The summed E-state index contributed by atoms with van der Waals surface area (Å²) < 4.78 is 11.0. The Balaban J connectivity index is 1.63. The fourth-order valence-corrected chi connectivity index (χ4v) is 2.88. The molecule has 0 bridgehead atoms. The number of rotatable bonds is 4. The highest BCUT2D eigenvalue weighted by Crippen LogP contribution is 2.44. The smallest absolute Gasteiger partial charge is 0.196 e. The lowest BCUT2D eigenvalue weighted by Crippen LogP contribution is -2.08. The largest absolute Gasteiger partial charge is 0.496 e. The van der Waals surface area contributed by atoms with Crippen molar-refractivity contribution in [1.29, 1.82) is 0 Å².